The topological polar surface area (TPSA) is 100 Å². The highest BCUT2D eigenvalue weighted by Crippen LogP contribution is 2.32. The van der Waals surface area contributed by atoms with Gasteiger partial charge < -0.3 is 20.1 Å². The summed E-state index contributed by atoms with van der Waals surface area (Å²) < 4.78 is 11.0. The first kappa shape index (κ1) is 19.0. The molecule has 1 heterocycles. The Morgan fingerprint density at radius 3 is 2.03 bits per heavy atom. The zero-order valence-electron chi connectivity index (χ0n) is 15.8. The molecule has 4 rings (SSSR count). The van der Waals surface area contributed by atoms with Gasteiger partial charge in [0.2, 0.25) is 0 Å². The van der Waals surface area contributed by atoms with Gasteiger partial charge in [-0.1, -0.05) is 6.07 Å². The second-order valence-electron chi connectivity index (χ2n) is 6.54. The molecule has 7 nitrogen and oxygen atoms in total. The number of carbonyl (C=O) groups excluding carboxylic acids is 2. The molecule has 2 amide bonds. The summed E-state index contributed by atoms with van der Waals surface area (Å²) in [5.41, 5.74) is 2.32. The highest BCUT2D eigenvalue weighted by molar-refractivity contribution is 6.08. The van der Waals surface area contributed by atoms with Crippen molar-refractivity contribution >= 4 is 23.2 Å². The summed E-state index contributed by atoms with van der Waals surface area (Å²) in [5, 5.41) is 14.4. The summed E-state index contributed by atoms with van der Waals surface area (Å²) in [6, 6.07) is 20.1. The molecule has 1 aliphatic heterocycles. The van der Waals surface area contributed by atoms with E-state index >= 15 is 0 Å². The molecule has 0 radical (unpaired) electrons. The molecular weight excluding hydrogens is 382 g/mol. The Labute approximate surface area is 172 Å². The standard InChI is InChI=1S/C23H17N3O4/c24-14-15-4-6-18(7-5-15)25-22(27)16-2-1-3-17(12-16)23(28)26-19-8-9-20-21(13-19)30-11-10-29-20/h1-9,12-13H,10-11H2,(H,25,27)(H,26,28). The smallest absolute Gasteiger partial charge is 0.255 e. The van der Waals surface area contributed by atoms with Crippen molar-refractivity contribution in [3.8, 4) is 17.6 Å². The van der Waals surface area contributed by atoms with Crippen LogP contribution in [0.5, 0.6) is 11.5 Å². The maximum atomic E-state index is 12.6. The summed E-state index contributed by atoms with van der Waals surface area (Å²) in [4.78, 5) is 25.2. The maximum Gasteiger partial charge on any atom is 0.255 e. The molecule has 0 saturated heterocycles. The van der Waals surface area contributed by atoms with Crippen molar-refractivity contribution in [2.24, 2.45) is 0 Å². The molecule has 3 aromatic carbocycles. The molecule has 1 aliphatic rings. The van der Waals surface area contributed by atoms with Crippen molar-refractivity contribution in [2.45, 2.75) is 0 Å². The Balaban J connectivity index is 1.46. The molecular formula is C23H17N3O4. The average Bonchev–Trinajstić information content (AvgIpc) is 2.79. The molecule has 0 bridgehead atoms. The van der Waals surface area contributed by atoms with Crippen LogP contribution in [0.15, 0.2) is 66.7 Å². The van der Waals surface area contributed by atoms with Crippen LogP contribution in [0.2, 0.25) is 0 Å². The van der Waals surface area contributed by atoms with Crippen molar-refractivity contribution < 1.29 is 19.1 Å². The molecule has 3 aromatic rings. The second kappa shape index (κ2) is 8.37. The van der Waals surface area contributed by atoms with E-state index in [2.05, 4.69) is 10.6 Å². The van der Waals surface area contributed by atoms with Crippen LogP contribution < -0.4 is 20.1 Å². The number of nitrogens with zero attached hydrogens (tertiary/aromatic N) is 1. The van der Waals surface area contributed by atoms with Gasteiger partial charge in [0.1, 0.15) is 13.2 Å². The van der Waals surface area contributed by atoms with Crippen LogP contribution in [0.1, 0.15) is 26.3 Å². The number of hydrogen-bond acceptors (Lipinski definition) is 5. The minimum atomic E-state index is -0.353. The van der Waals surface area contributed by atoms with Gasteiger partial charge in [0.25, 0.3) is 11.8 Å². The first-order chi connectivity index (χ1) is 14.6. The summed E-state index contributed by atoms with van der Waals surface area (Å²) in [6.45, 7) is 0.955. The Morgan fingerprint density at radius 1 is 0.767 bits per heavy atom. The van der Waals surface area contributed by atoms with E-state index in [9.17, 15) is 9.59 Å². The molecule has 7 heteroatoms. The summed E-state index contributed by atoms with van der Waals surface area (Å²) in [7, 11) is 0. The summed E-state index contributed by atoms with van der Waals surface area (Å²) >= 11 is 0. The Morgan fingerprint density at radius 2 is 1.37 bits per heavy atom. The van der Waals surface area contributed by atoms with Gasteiger partial charge in [-0.2, -0.15) is 5.26 Å². The van der Waals surface area contributed by atoms with Crippen LogP contribution in [-0.4, -0.2) is 25.0 Å². The van der Waals surface area contributed by atoms with E-state index in [1.807, 2.05) is 6.07 Å². The lowest BCUT2D eigenvalue weighted by Crippen LogP contribution is -2.17. The second-order valence-corrected chi connectivity index (χ2v) is 6.54. The number of nitriles is 1. The van der Waals surface area contributed by atoms with Crippen LogP contribution >= 0.6 is 0 Å². The van der Waals surface area contributed by atoms with Gasteiger partial charge in [0, 0.05) is 28.6 Å². The van der Waals surface area contributed by atoms with Crippen molar-refractivity contribution in [3.63, 3.8) is 0 Å². The van der Waals surface area contributed by atoms with Crippen molar-refractivity contribution in [3.05, 3.63) is 83.4 Å². The van der Waals surface area contributed by atoms with Crippen LogP contribution in [0.4, 0.5) is 11.4 Å². The SMILES string of the molecule is N#Cc1ccc(NC(=O)c2cccc(C(=O)Nc3ccc4c(c3)OCCO4)c2)cc1. The van der Waals surface area contributed by atoms with E-state index in [0.29, 0.717) is 52.8 Å². The Kier molecular flexibility index (Phi) is 5.31. The predicted octanol–water partition coefficient (Wildman–Crippen LogP) is 3.83. The van der Waals surface area contributed by atoms with Crippen molar-refractivity contribution in [2.75, 3.05) is 23.8 Å². The van der Waals surface area contributed by atoms with E-state index < -0.39 is 0 Å². The summed E-state index contributed by atoms with van der Waals surface area (Å²) in [5.74, 6) is 0.517. The third-order valence-electron chi connectivity index (χ3n) is 4.46. The Bertz CT molecular complexity index is 1150. The van der Waals surface area contributed by atoms with Gasteiger partial charge in [0.05, 0.1) is 11.6 Å². The van der Waals surface area contributed by atoms with Crippen molar-refractivity contribution in [1.29, 1.82) is 5.26 Å². The molecule has 148 valence electrons. The van der Waals surface area contributed by atoms with E-state index in [1.165, 1.54) is 6.07 Å². The fourth-order valence-electron chi connectivity index (χ4n) is 2.96. The number of amides is 2. The van der Waals surface area contributed by atoms with E-state index in [0.717, 1.165) is 0 Å². The highest BCUT2D eigenvalue weighted by Gasteiger charge is 2.15. The lowest BCUT2D eigenvalue weighted by Gasteiger charge is -2.19. The quantitative estimate of drug-likeness (QED) is 0.694. The van der Waals surface area contributed by atoms with E-state index in [-0.39, 0.29) is 11.8 Å². The normalized spacial score (nSPS) is 11.8. The number of nitrogens with one attached hydrogen (secondary N) is 2. The Hall–Kier alpha value is -4.31. The molecule has 0 aliphatic carbocycles. The summed E-state index contributed by atoms with van der Waals surface area (Å²) in [6.07, 6.45) is 0. The molecule has 0 aromatic heterocycles. The number of rotatable bonds is 4. The number of benzene rings is 3. The highest BCUT2D eigenvalue weighted by atomic mass is 16.6. The predicted molar refractivity (Wildman–Crippen MR) is 111 cm³/mol. The first-order valence-electron chi connectivity index (χ1n) is 9.25. The van der Waals surface area contributed by atoms with Gasteiger partial charge in [-0.05, 0) is 54.6 Å². The molecule has 0 fully saturated rings. The van der Waals surface area contributed by atoms with Crippen LogP contribution in [0.25, 0.3) is 0 Å². The molecule has 2 N–H and O–H groups in total. The first-order valence-corrected chi connectivity index (χ1v) is 9.25. The zero-order chi connectivity index (χ0) is 20.9. The lowest BCUT2D eigenvalue weighted by molar-refractivity contribution is 0.102. The van der Waals surface area contributed by atoms with Gasteiger partial charge in [-0.15, -0.1) is 0 Å². The average molecular weight is 399 g/mol. The van der Waals surface area contributed by atoms with E-state index in [4.69, 9.17) is 14.7 Å². The van der Waals surface area contributed by atoms with Gasteiger partial charge >= 0.3 is 0 Å². The third-order valence-corrected chi connectivity index (χ3v) is 4.46. The van der Waals surface area contributed by atoms with Gasteiger partial charge in [-0.3, -0.25) is 9.59 Å². The maximum absolute atomic E-state index is 12.6. The van der Waals surface area contributed by atoms with E-state index in [1.54, 1.807) is 60.7 Å². The molecule has 0 spiro atoms. The fourth-order valence-corrected chi connectivity index (χ4v) is 2.96. The van der Waals surface area contributed by atoms with Crippen LogP contribution in [-0.2, 0) is 0 Å². The number of anilines is 2. The molecule has 0 unspecified atom stereocenters. The van der Waals surface area contributed by atoms with Crippen LogP contribution in [0.3, 0.4) is 0 Å². The third kappa shape index (κ3) is 4.23. The number of ether oxygens (including phenoxy) is 2. The minimum Gasteiger partial charge on any atom is -0.486 e. The number of carbonyl (C=O) groups is 2. The molecule has 0 atom stereocenters. The lowest BCUT2D eigenvalue weighted by atomic mass is 10.1. The minimum absolute atomic E-state index is 0.342. The fraction of sp³-hybridized carbons (Fsp3) is 0.0870. The molecule has 30 heavy (non-hydrogen) atoms. The largest absolute Gasteiger partial charge is 0.486 e. The van der Waals surface area contributed by atoms with Gasteiger partial charge in [0.15, 0.2) is 11.5 Å². The number of hydrogen-bond donors (Lipinski definition) is 2. The van der Waals surface area contributed by atoms with Crippen LogP contribution in [0, 0.1) is 11.3 Å². The number of fused-ring (bicyclic) bond motifs is 1. The molecule has 0 saturated carbocycles. The van der Waals surface area contributed by atoms with Gasteiger partial charge in [-0.25, -0.2) is 0 Å². The zero-order valence-corrected chi connectivity index (χ0v) is 15.8. The monoisotopic (exact) mass is 399 g/mol. The van der Waals surface area contributed by atoms with Crippen molar-refractivity contribution in [1.82, 2.24) is 0 Å².